The normalized spacial score (nSPS) is 21.5. The Morgan fingerprint density at radius 1 is 0.871 bits per heavy atom. The van der Waals surface area contributed by atoms with Gasteiger partial charge in [0.2, 0.25) is 0 Å². The highest BCUT2D eigenvalue weighted by Gasteiger charge is 2.16. The van der Waals surface area contributed by atoms with Crippen molar-refractivity contribution in [3.63, 3.8) is 0 Å². The Kier molecular flexibility index (Phi) is 10.4. The Morgan fingerprint density at radius 3 is 2.03 bits per heavy atom. The lowest BCUT2D eigenvalue weighted by Gasteiger charge is -2.23. The number of esters is 1. The summed E-state index contributed by atoms with van der Waals surface area (Å²) in [6, 6.07) is 5.01. The van der Waals surface area contributed by atoms with Crippen LogP contribution in [0.4, 0.5) is 0 Å². The first kappa shape index (κ1) is 23.8. The van der Waals surface area contributed by atoms with Gasteiger partial charge in [-0.1, -0.05) is 0 Å². The summed E-state index contributed by atoms with van der Waals surface area (Å²) in [5, 5.41) is 0. The summed E-state index contributed by atoms with van der Waals surface area (Å²) in [6.45, 7) is 5.01. The van der Waals surface area contributed by atoms with Gasteiger partial charge in [-0.2, -0.15) is 0 Å². The van der Waals surface area contributed by atoms with Gasteiger partial charge < -0.3 is 33.2 Å². The standard InChI is InChI=1S/C23H34O8/c1-2-25-23(24)18-9-10-19(26-13-15-30-21-7-3-5-11-28-21)20(17-18)27-14-16-31-22-8-4-6-12-29-22/h9-10,17,21-22H,2-8,11-16H2,1H3. The second kappa shape index (κ2) is 13.5. The van der Waals surface area contributed by atoms with E-state index in [-0.39, 0.29) is 12.6 Å². The molecule has 0 saturated carbocycles. The SMILES string of the molecule is CCOC(=O)c1ccc(OCCOC2CCCCO2)c(OCCOC2CCCCO2)c1. The molecular weight excluding hydrogens is 404 g/mol. The fourth-order valence-corrected chi connectivity index (χ4v) is 3.43. The van der Waals surface area contributed by atoms with Gasteiger partial charge in [-0.15, -0.1) is 0 Å². The summed E-state index contributed by atoms with van der Waals surface area (Å²) in [5.74, 6) is 0.603. The van der Waals surface area contributed by atoms with E-state index in [0.717, 1.165) is 51.7 Å². The first-order chi connectivity index (χ1) is 15.3. The Labute approximate surface area is 184 Å². The molecule has 8 nitrogen and oxygen atoms in total. The average Bonchev–Trinajstić information content (AvgIpc) is 2.81. The maximum absolute atomic E-state index is 12.1. The molecule has 2 atom stereocenters. The molecule has 0 radical (unpaired) electrons. The molecule has 31 heavy (non-hydrogen) atoms. The Bertz CT molecular complexity index is 653. The number of ether oxygens (including phenoxy) is 7. The van der Waals surface area contributed by atoms with Crippen molar-refractivity contribution in [2.45, 2.75) is 58.0 Å². The molecule has 2 heterocycles. The largest absolute Gasteiger partial charge is 0.487 e. The van der Waals surface area contributed by atoms with E-state index in [1.54, 1.807) is 25.1 Å². The lowest BCUT2D eigenvalue weighted by Crippen LogP contribution is -2.24. The number of hydrogen-bond acceptors (Lipinski definition) is 8. The van der Waals surface area contributed by atoms with Crippen molar-refractivity contribution in [2.24, 2.45) is 0 Å². The van der Waals surface area contributed by atoms with Crippen molar-refractivity contribution in [2.75, 3.05) is 46.2 Å². The molecular formula is C23H34O8. The number of hydrogen-bond donors (Lipinski definition) is 0. The van der Waals surface area contributed by atoms with Crippen LogP contribution in [0.5, 0.6) is 11.5 Å². The zero-order valence-corrected chi connectivity index (χ0v) is 18.3. The third-order valence-electron chi connectivity index (χ3n) is 5.02. The van der Waals surface area contributed by atoms with Gasteiger partial charge in [0.15, 0.2) is 24.1 Å². The van der Waals surface area contributed by atoms with Gasteiger partial charge in [-0.25, -0.2) is 4.79 Å². The predicted molar refractivity (Wildman–Crippen MR) is 112 cm³/mol. The summed E-state index contributed by atoms with van der Waals surface area (Å²) >= 11 is 0. The second-order valence-electron chi connectivity index (χ2n) is 7.41. The van der Waals surface area contributed by atoms with Crippen molar-refractivity contribution >= 4 is 5.97 Å². The Morgan fingerprint density at radius 2 is 1.48 bits per heavy atom. The van der Waals surface area contributed by atoms with E-state index in [1.165, 1.54) is 0 Å². The van der Waals surface area contributed by atoms with Crippen molar-refractivity contribution in [3.8, 4) is 11.5 Å². The number of rotatable bonds is 12. The molecule has 0 aromatic heterocycles. The van der Waals surface area contributed by atoms with Crippen molar-refractivity contribution in [1.82, 2.24) is 0 Å². The van der Waals surface area contributed by atoms with Crippen LogP contribution in [0, 0.1) is 0 Å². The molecule has 0 bridgehead atoms. The molecule has 1 aromatic rings. The fourth-order valence-electron chi connectivity index (χ4n) is 3.43. The molecule has 2 aliphatic heterocycles. The van der Waals surface area contributed by atoms with E-state index in [1.807, 2.05) is 0 Å². The Balaban J connectivity index is 1.49. The molecule has 2 fully saturated rings. The van der Waals surface area contributed by atoms with Crippen LogP contribution in [0.25, 0.3) is 0 Å². The maximum Gasteiger partial charge on any atom is 0.338 e. The summed E-state index contributed by atoms with van der Waals surface area (Å²) in [4.78, 5) is 12.1. The maximum atomic E-state index is 12.1. The van der Waals surface area contributed by atoms with E-state index in [4.69, 9.17) is 33.2 Å². The van der Waals surface area contributed by atoms with Gasteiger partial charge in [0.05, 0.1) is 25.4 Å². The molecule has 0 aliphatic carbocycles. The van der Waals surface area contributed by atoms with Crippen molar-refractivity contribution in [1.29, 1.82) is 0 Å². The fraction of sp³-hybridized carbons (Fsp3) is 0.696. The molecule has 2 aliphatic rings. The monoisotopic (exact) mass is 438 g/mol. The molecule has 174 valence electrons. The van der Waals surface area contributed by atoms with E-state index in [2.05, 4.69) is 0 Å². The van der Waals surface area contributed by atoms with Crippen LogP contribution in [0.1, 0.15) is 55.8 Å². The first-order valence-corrected chi connectivity index (χ1v) is 11.3. The third kappa shape index (κ3) is 8.29. The predicted octanol–water partition coefficient (Wildman–Crippen LogP) is 3.71. The first-order valence-electron chi connectivity index (χ1n) is 11.3. The topological polar surface area (TPSA) is 81.7 Å². The van der Waals surface area contributed by atoms with Gasteiger partial charge in [-0.3, -0.25) is 0 Å². The van der Waals surface area contributed by atoms with E-state index >= 15 is 0 Å². The lowest BCUT2D eigenvalue weighted by molar-refractivity contribution is -0.166. The van der Waals surface area contributed by atoms with Crippen LogP contribution >= 0.6 is 0 Å². The van der Waals surface area contributed by atoms with Gasteiger partial charge in [0.25, 0.3) is 0 Å². The van der Waals surface area contributed by atoms with Crippen LogP contribution in [-0.4, -0.2) is 64.8 Å². The molecule has 1 aromatic carbocycles. The number of carbonyl (C=O) groups excluding carboxylic acids is 1. The number of carbonyl (C=O) groups is 1. The van der Waals surface area contributed by atoms with Crippen molar-refractivity contribution < 1.29 is 38.0 Å². The summed E-state index contributed by atoms with van der Waals surface area (Å²) in [7, 11) is 0. The molecule has 8 heteroatoms. The minimum atomic E-state index is -0.400. The molecule has 0 spiro atoms. The number of benzene rings is 1. The smallest absolute Gasteiger partial charge is 0.338 e. The van der Waals surface area contributed by atoms with Gasteiger partial charge >= 0.3 is 5.97 Å². The Hall–Kier alpha value is -1.87. The molecule has 2 unspecified atom stereocenters. The third-order valence-corrected chi connectivity index (χ3v) is 5.02. The minimum absolute atomic E-state index is 0.154. The highest BCUT2D eigenvalue weighted by atomic mass is 16.7. The van der Waals surface area contributed by atoms with Gasteiger partial charge in [0, 0.05) is 13.2 Å². The van der Waals surface area contributed by atoms with Crippen LogP contribution in [-0.2, 0) is 23.7 Å². The van der Waals surface area contributed by atoms with Gasteiger partial charge in [-0.05, 0) is 63.6 Å². The molecule has 0 N–H and O–H groups in total. The summed E-state index contributed by atoms with van der Waals surface area (Å²) < 4.78 is 39.3. The van der Waals surface area contributed by atoms with Crippen LogP contribution < -0.4 is 9.47 Å². The highest BCUT2D eigenvalue weighted by Crippen LogP contribution is 2.29. The van der Waals surface area contributed by atoms with E-state index in [0.29, 0.717) is 50.1 Å². The van der Waals surface area contributed by atoms with Crippen LogP contribution in [0.2, 0.25) is 0 Å². The second-order valence-corrected chi connectivity index (χ2v) is 7.41. The summed E-state index contributed by atoms with van der Waals surface area (Å²) in [6.07, 6.45) is 5.88. The highest BCUT2D eigenvalue weighted by molar-refractivity contribution is 5.90. The van der Waals surface area contributed by atoms with Gasteiger partial charge in [0.1, 0.15) is 13.2 Å². The minimum Gasteiger partial charge on any atom is -0.487 e. The quantitative estimate of drug-likeness (QED) is 0.361. The van der Waals surface area contributed by atoms with Crippen LogP contribution in [0.3, 0.4) is 0 Å². The lowest BCUT2D eigenvalue weighted by atomic mass is 10.2. The van der Waals surface area contributed by atoms with E-state index in [9.17, 15) is 4.79 Å². The zero-order chi connectivity index (χ0) is 21.7. The van der Waals surface area contributed by atoms with E-state index < -0.39 is 5.97 Å². The summed E-state index contributed by atoms with van der Waals surface area (Å²) in [5.41, 5.74) is 0.410. The molecule has 2 saturated heterocycles. The molecule has 0 amide bonds. The molecule has 3 rings (SSSR count). The average molecular weight is 439 g/mol. The van der Waals surface area contributed by atoms with Crippen molar-refractivity contribution in [3.05, 3.63) is 23.8 Å². The van der Waals surface area contributed by atoms with Crippen LogP contribution in [0.15, 0.2) is 18.2 Å². The zero-order valence-electron chi connectivity index (χ0n) is 18.3.